The van der Waals surface area contributed by atoms with Crippen LogP contribution in [0.25, 0.3) is 0 Å². The van der Waals surface area contributed by atoms with E-state index in [0.29, 0.717) is 34.0 Å². The van der Waals surface area contributed by atoms with Crippen molar-refractivity contribution in [3.63, 3.8) is 0 Å². The molecule has 8 nitrogen and oxygen atoms in total. The highest BCUT2D eigenvalue weighted by Crippen LogP contribution is 2.40. The van der Waals surface area contributed by atoms with Gasteiger partial charge in [-0.15, -0.1) is 28.1 Å². The van der Waals surface area contributed by atoms with Crippen molar-refractivity contribution in [3.8, 4) is 5.75 Å². The molecule has 11 heteroatoms. The monoisotopic (exact) mass is 590 g/mol. The Morgan fingerprint density at radius 2 is 2.11 bits per heavy atom. The Bertz CT molecular complexity index is 1260. The minimum Gasteiger partial charge on any atom is -0.486 e. The van der Waals surface area contributed by atoms with Crippen LogP contribution in [0.1, 0.15) is 40.0 Å². The summed E-state index contributed by atoms with van der Waals surface area (Å²) in [5, 5.41) is 12.6. The van der Waals surface area contributed by atoms with E-state index in [1.54, 1.807) is 6.08 Å². The maximum absolute atomic E-state index is 12.9. The predicted molar refractivity (Wildman–Crippen MR) is 145 cm³/mol. The summed E-state index contributed by atoms with van der Waals surface area (Å²) in [5.41, 5.74) is 1.50. The summed E-state index contributed by atoms with van der Waals surface area (Å²) < 4.78 is 13.7. The number of nitrogens with zero attached hydrogens (tertiary/aromatic N) is 3. The van der Waals surface area contributed by atoms with Crippen molar-refractivity contribution in [2.45, 2.75) is 44.5 Å². The number of esters is 1. The average Bonchev–Trinajstić information content (AvgIpc) is 3.42. The van der Waals surface area contributed by atoms with Gasteiger partial charge in [0.25, 0.3) is 0 Å². The lowest BCUT2D eigenvalue weighted by molar-refractivity contribution is -0.113. The summed E-state index contributed by atoms with van der Waals surface area (Å²) in [5.74, 6) is 1.38. The molecule has 0 bridgehead atoms. The van der Waals surface area contributed by atoms with Gasteiger partial charge in [-0.2, -0.15) is 0 Å². The molecule has 1 aliphatic rings. The molecule has 190 valence electrons. The van der Waals surface area contributed by atoms with E-state index < -0.39 is 5.97 Å². The highest BCUT2D eigenvalue weighted by molar-refractivity contribution is 9.10. The maximum Gasteiger partial charge on any atom is 0.341 e. The van der Waals surface area contributed by atoms with Crippen molar-refractivity contribution in [3.05, 3.63) is 63.2 Å². The van der Waals surface area contributed by atoms with E-state index in [9.17, 15) is 9.59 Å². The van der Waals surface area contributed by atoms with E-state index in [1.807, 2.05) is 28.8 Å². The number of rotatable bonds is 10. The fourth-order valence-electron chi connectivity index (χ4n) is 3.97. The number of methoxy groups -OCH3 is 1. The van der Waals surface area contributed by atoms with Crippen LogP contribution in [0.4, 0.5) is 5.00 Å². The third-order valence-corrected chi connectivity index (χ3v) is 8.44. The van der Waals surface area contributed by atoms with Crippen LogP contribution >= 0.6 is 39.0 Å². The van der Waals surface area contributed by atoms with Gasteiger partial charge in [-0.25, -0.2) is 4.79 Å². The number of ether oxygens (including phenoxy) is 2. The second-order valence-corrected chi connectivity index (χ2v) is 11.4. The number of amides is 1. The molecular weight excluding hydrogens is 564 g/mol. The van der Waals surface area contributed by atoms with Crippen molar-refractivity contribution in [1.29, 1.82) is 0 Å². The first-order valence-electron chi connectivity index (χ1n) is 11.5. The molecule has 1 amide bonds. The fraction of sp³-hybridized carbons (Fsp3) is 0.360. The smallest absolute Gasteiger partial charge is 0.341 e. The molecule has 36 heavy (non-hydrogen) atoms. The molecule has 1 unspecified atom stereocenters. The van der Waals surface area contributed by atoms with E-state index >= 15 is 0 Å². The number of nitrogens with one attached hydrogen (secondary N) is 1. The molecule has 0 radical (unpaired) electrons. The molecule has 0 saturated heterocycles. The summed E-state index contributed by atoms with van der Waals surface area (Å²) in [4.78, 5) is 26.5. The average molecular weight is 592 g/mol. The number of aromatic nitrogens is 3. The number of halogens is 1. The summed E-state index contributed by atoms with van der Waals surface area (Å²) in [6, 6.07) is 7.54. The zero-order valence-corrected chi connectivity index (χ0v) is 23.3. The van der Waals surface area contributed by atoms with Gasteiger partial charge in [0.15, 0.2) is 11.0 Å². The van der Waals surface area contributed by atoms with E-state index in [0.717, 1.165) is 39.9 Å². The number of allylic oxidation sites excluding steroid dienone is 1. The zero-order valence-electron chi connectivity index (χ0n) is 20.1. The van der Waals surface area contributed by atoms with Crippen molar-refractivity contribution >= 4 is 55.9 Å². The van der Waals surface area contributed by atoms with Gasteiger partial charge in [-0.05, 0) is 55.0 Å². The minimum absolute atomic E-state index is 0.114. The van der Waals surface area contributed by atoms with E-state index in [4.69, 9.17) is 9.47 Å². The largest absolute Gasteiger partial charge is 0.486 e. The lowest BCUT2D eigenvalue weighted by Crippen LogP contribution is -2.17. The number of hydrogen-bond acceptors (Lipinski definition) is 8. The molecule has 1 aromatic carbocycles. The third kappa shape index (κ3) is 6.19. The fourth-order valence-corrected chi connectivity index (χ4v) is 6.42. The highest BCUT2D eigenvalue weighted by Gasteiger charge is 2.29. The molecule has 0 spiro atoms. The predicted octanol–water partition coefficient (Wildman–Crippen LogP) is 5.51. The van der Waals surface area contributed by atoms with E-state index in [1.165, 1.54) is 30.2 Å². The quantitative estimate of drug-likeness (QED) is 0.189. The molecule has 2 heterocycles. The third-order valence-electron chi connectivity index (χ3n) is 5.77. The standard InChI is InChI=1S/C25H27BrN4O4S2/c1-4-11-30-20(13-34-17-8-6-16(26)7-9-17)28-29-25(30)35-14-21(31)27-23-22(24(32)33-3)18-10-5-15(2)12-19(18)36-23/h4,6-9,15H,1,5,10-14H2,2-3H3,(H,27,31). The Hall–Kier alpha value is -2.63. The van der Waals surface area contributed by atoms with Crippen LogP contribution < -0.4 is 10.1 Å². The van der Waals surface area contributed by atoms with Gasteiger partial charge in [0.2, 0.25) is 5.91 Å². The second kappa shape index (κ2) is 12.1. The number of hydrogen-bond donors (Lipinski definition) is 1. The molecule has 0 fully saturated rings. The van der Waals surface area contributed by atoms with Gasteiger partial charge in [0.05, 0.1) is 18.4 Å². The number of carbonyl (C=O) groups is 2. The van der Waals surface area contributed by atoms with Crippen molar-refractivity contribution < 1.29 is 19.1 Å². The summed E-state index contributed by atoms with van der Waals surface area (Å²) in [7, 11) is 1.36. The van der Waals surface area contributed by atoms with Gasteiger partial charge in [0.1, 0.15) is 17.4 Å². The summed E-state index contributed by atoms with van der Waals surface area (Å²) in [6.45, 7) is 6.73. The van der Waals surface area contributed by atoms with Crippen LogP contribution in [-0.2, 0) is 35.5 Å². The van der Waals surface area contributed by atoms with Crippen LogP contribution in [-0.4, -0.2) is 39.5 Å². The first-order chi connectivity index (χ1) is 17.4. The molecule has 1 N–H and O–H groups in total. The normalized spacial score (nSPS) is 14.7. The molecule has 4 rings (SSSR count). The number of fused-ring (bicyclic) bond motifs is 1. The molecule has 1 aliphatic carbocycles. The number of carbonyl (C=O) groups excluding carboxylic acids is 2. The van der Waals surface area contributed by atoms with E-state index in [2.05, 4.69) is 44.9 Å². The number of benzene rings is 1. The molecule has 3 aromatic rings. The van der Waals surface area contributed by atoms with Crippen LogP contribution in [0, 0.1) is 5.92 Å². The second-order valence-electron chi connectivity index (χ2n) is 8.42. The number of thioether (sulfide) groups is 1. The van der Waals surface area contributed by atoms with Crippen LogP contribution in [0.3, 0.4) is 0 Å². The molecule has 0 aliphatic heterocycles. The van der Waals surface area contributed by atoms with E-state index in [-0.39, 0.29) is 18.3 Å². The first kappa shape index (κ1) is 26.4. The first-order valence-corrected chi connectivity index (χ1v) is 14.1. The molecule has 0 saturated carbocycles. The summed E-state index contributed by atoms with van der Waals surface area (Å²) in [6.07, 6.45) is 4.49. The lowest BCUT2D eigenvalue weighted by Gasteiger charge is -2.18. The van der Waals surface area contributed by atoms with Crippen LogP contribution in [0.5, 0.6) is 5.75 Å². The van der Waals surface area contributed by atoms with Crippen LogP contribution in [0.2, 0.25) is 0 Å². The van der Waals surface area contributed by atoms with Gasteiger partial charge in [-0.1, -0.05) is 40.7 Å². The number of thiophene rings is 1. The Morgan fingerprint density at radius 3 is 2.83 bits per heavy atom. The lowest BCUT2D eigenvalue weighted by atomic mass is 9.88. The zero-order chi connectivity index (χ0) is 25.7. The topological polar surface area (TPSA) is 95.3 Å². The Balaban J connectivity index is 1.42. The van der Waals surface area contributed by atoms with Gasteiger partial charge < -0.3 is 14.8 Å². The van der Waals surface area contributed by atoms with Crippen LogP contribution in [0.15, 0.2) is 46.5 Å². The Labute approximate surface area is 226 Å². The summed E-state index contributed by atoms with van der Waals surface area (Å²) >= 11 is 6.15. The SMILES string of the molecule is C=CCn1c(COc2ccc(Br)cc2)nnc1SCC(=O)Nc1sc2c(c1C(=O)OC)CCC(C)C2. The minimum atomic E-state index is -0.411. The van der Waals surface area contributed by atoms with Gasteiger partial charge in [-0.3, -0.25) is 9.36 Å². The van der Waals surface area contributed by atoms with Gasteiger partial charge >= 0.3 is 5.97 Å². The maximum atomic E-state index is 12.9. The molecular formula is C25H27BrN4O4S2. The van der Waals surface area contributed by atoms with Crippen molar-refractivity contribution in [2.24, 2.45) is 5.92 Å². The molecule has 2 aromatic heterocycles. The molecule has 1 atom stereocenters. The van der Waals surface area contributed by atoms with Crippen molar-refractivity contribution in [2.75, 3.05) is 18.2 Å². The number of anilines is 1. The van der Waals surface area contributed by atoms with Gasteiger partial charge in [0, 0.05) is 15.9 Å². The highest BCUT2D eigenvalue weighted by atomic mass is 79.9. The Kier molecular flexibility index (Phi) is 8.86. The Morgan fingerprint density at radius 1 is 1.33 bits per heavy atom. The van der Waals surface area contributed by atoms with Crippen molar-refractivity contribution in [1.82, 2.24) is 14.8 Å².